The first-order valence-electron chi connectivity index (χ1n) is 10.4. The molecule has 0 unspecified atom stereocenters. The minimum Gasteiger partial charge on any atom is -0.444 e. The van der Waals surface area contributed by atoms with Gasteiger partial charge in [0.05, 0.1) is 6.04 Å². The Morgan fingerprint density at radius 1 is 1.03 bits per heavy atom. The maximum absolute atomic E-state index is 12.7. The molecule has 0 fully saturated rings. The number of ether oxygens (including phenoxy) is 1. The van der Waals surface area contributed by atoms with E-state index in [9.17, 15) is 9.59 Å². The minimum absolute atomic E-state index is 0.150. The monoisotopic (exact) mass is 454 g/mol. The zero-order chi connectivity index (χ0) is 23.1. The summed E-state index contributed by atoms with van der Waals surface area (Å²) in [7, 11) is 0. The summed E-state index contributed by atoms with van der Waals surface area (Å²) in [4.78, 5) is 24.7. The number of aromatic nitrogens is 2. The fourth-order valence-corrected chi connectivity index (χ4v) is 3.24. The van der Waals surface area contributed by atoms with Gasteiger partial charge in [0.1, 0.15) is 12.3 Å². The Bertz CT molecular complexity index is 1050. The first kappa shape index (κ1) is 23.3. The van der Waals surface area contributed by atoms with Crippen LogP contribution in [0.2, 0.25) is 5.02 Å². The summed E-state index contributed by atoms with van der Waals surface area (Å²) >= 11 is 5.85. The number of rotatable bonds is 8. The van der Waals surface area contributed by atoms with Crippen LogP contribution < -0.4 is 10.6 Å². The first-order valence-corrected chi connectivity index (χ1v) is 10.8. The molecular formula is C24H27ClN4O3. The molecule has 3 aromatic rings. The molecule has 168 valence electrons. The van der Waals surface area contributed by atoms with Crippen molar-refractivity contribution >= 4 is 29.3 Å². The number of anilines is 1. The molecule has 0 aliphatic carbocycles. The van der Waals surface area contributed by atoms with E-state index in [2.05, 4.69) is 29.6 Å². The van der Waals surface area contributed by atoms with Crippen LogP contribution in [0.4, 0.5) is 10.5 Å². The van der Waals surface area contributed by atoms with Gasteiger partial charge in [-0.2, -0.15) is 5.10 Å². The van der Waals surface area contributed by atoms with Crippen LogP contribution >= 0.6 is 11.6 Å². The number of carbonyl (C=O) groups excluding carboxylic acids is 2. The molecular weight excluding hydrogens is 428 g/mol. The molecule has 0 aliphatic heterocycles. The summed E-state index contributed by atoms with van der Waals surface area (Å²) in [5, 5.41) is 10.5. The first-order chi connectivity index (χ1) is 15.3. The molecule has 2 N–H and O–H groups in total. The standard InChI is InChI=1S/C24H27ClN4O3/c1-16(2)14-29-22(12-13-26-29)23(30)27-17(3)19-6-10-21(11-7-19)28-24(31)32-15-18-4-8-20(25)9-5-18/h4-13,16-17H,14-15H2,1-3H3,(H,27,30)(H,28,31)/t17-/m0/s1. The summed E-state index contributed by atoms with van der Waals surface area (Å²) in [5.41, 5.74) is 2.89. The van der Waals surface area contributed by atoms with E-state index < -0.39 is 6.09 Å². The zero-order valence-electron chi connectivity index (χ0n) is 18.3. The third kappa shape index (κ3) is 6.59. The number of nitrogens with one attached hydrogen (secondary N) is 2. The van der Waals surface area contributed by atoms with Crippen molar-refractivity contribution in [2.45, 2.75) is 40.0 Å². The highest BCUT2D eigenvalue weighted by molar-refractivity contribution is 6.30. The predicted molar refractivity (Wildman–Crippen MR) is 125 cm³/mol. The molecule has 1 heterocycles. The summed E-state index contributed by atoms with van der Waals surface area (Å²) in [6, 6.07) is 15.8. The molecule has 1 aromatic heterocycles. The maximum Gasteiger partial charge on any atom is 0.411 e. The highest BCUT2D eigenvalue weighted by Crippen LogP contribution is 2.18. The van der Waals surface area contributed by atoms with Gasteiger partial charge in [-0.25, -0.2) is 4.79 Å². The van der Waals surface area contributed by atoms with Crippen LogP contribution in [0, 0.1) is 5.92 Å². The van der Waals surface area contributed by atoms with Crippen molar-refractivity contribution < 1.29 is 14.3 Å². The van der Waals surface area contributed by atoms with Gasteiger partial charge >= 0.3 is 6.09 Å². The molecule has 2 amide bonds. The van der Waals surface area contributed by atoms with Gasteiger partial charge in [-0.05, 0) is 54.3 Å². The Morgan fingerprint density at radius 2 is 1.72 bits per heavy atom. The van der Waals surface area contributed by atoms with Crippen molar-refractivity contribution in [3.8, 4) is 0 Å². The third-order valence-electron chi connectivity index (χ3n) is 4.78. The number of carbonyl (C=O) groups is 2. The topological polar surface area (TPSA) is 85.3 Å². The van der Waals surface area contributed by atoms with Gasteiger partial charge in [-0.3, -0.25) is 14.8 Å². The number of halogens is 1. The Morgan fingerprint density at radius 3 is 2.38 bits per heavy atom. The van der Waals surface area contributed by atoms with Crippen LogP contribution in [0.25, 0.3) is 0 Å². The van der Waals surface area contributed by atoms with Crippen LogP contribution in [-0.4, -0.2) is 21.8 Å². The van der Waals surface area contributed by atoms with Gasteiger partial charge in [0, 0.05) is 23.5 Å². The Hall–Kier alpha value is -3.32. The van der Waals surface area contributed by atoms with Crippen molar-refractivity contribution in [1.82, 2.24) is 15.1 Å². The van der Waals surface area contributed by atoms with Gasteiger partial charge < -0.3 is 10.1 Å². The molecule has 0 bridgehead atoms. The second-order valence-corrected chi connectivity index (χ2v) is 8.37. The predicted octanol–water partition coefficient (Wildman–Crippen LogP) is 5.43. The van der Waals surface area contributed by atoms with E-state index in [1.165, 1.54) is 0 Å². The van der Waals surface area contributed by atoms with E-state index in [4.69, 9.17) is 16.3 Å². The van der Waals surface area contributed by atoms with Gasteiger partial charge in [0.15, 0.2) is 0 Å². The van der Waals surface area contributed by atoms with E-state index in [1.807, 2.05) is 19.1 Å². The Balaban J connectivity index is 1.52. The zero-order valence-corrected chi connectivity index (χ0v) is 19.1. The van der Waals surface area contributed by atoms with Crippen molar-refractivity contribution in [2.75, 3.05) is 5.32 Å². The highest BCUT2D eigenvalue weighted by atomic mass is 35.5. The van der Waals surface area contributed by atoms with Gasteiger partial charge in [0.25, 0.3) is 5.91 Å². The van der Waals surface area contributed by atoms with Gasteiger partial charge in [0.2, 0.25) is 0 Å². The molecule has 0 radical (unpaired) electrons. The lowest BCUT2D eigenvalue weighted by atomic mass is 10.1. The SMILES string of the molecule is CC(C)Cn1nccc1C(=O)N[C@@H](C)c1ccc(NC(=O)OCc2ccc(Cl)cc2)cc1. The van der Waals surface area contributed by atoms with Crippen molar-refractivity contribution in [1.29, 1.82) is 0 Å². The van der Waals surface area contributed by atoms with Crippen LogP contribution in [0.15, 0.2) is 60.8 Å². The average Bonchev–Trinajstić information content (AvgIpc) is 3.21. The van der Waals surface area contributed by atoms with E-state index in [0.717, 1.165) is 11.1 Å². The Labute approximate surface area is 192 Å². The second-order valence-electron chi connectivity index (χ2n) is 7.94. The molecule has 0 spiro atoms. The van der Waals surface area contributed by atoms with E-state index >= 15 is 0 Å². The molecule has 8 heteroatoms. The number of benzene rings is 2. The quantitative estimate of drug-likeness (QED) is 0.475. The molecule has 7 nitrogen and oxygen atoms in total. The second kappa shape index (κ2) is 10.8. The van der Waals surface area contributed by atoms with Crippen LogP contribution in [0.1, 0.15) is 48.4 Å². The van der Waals surface area contributed by atoms with E-state index in [-0.39, 0.29) is 18.6 Å². The van der Waals surface area contributed by atoms with Crippen LogP contribution in [-0.2, 0) is 17.9 Å². The fraction of sp³-hybridized carbons (Fsp3) is 0.292. The smallest absolute Gasteiger partial charge is 0.411 e. The molecule has 0 aliphatic rings. The maximum atomic E-state index is 12.7. The number of hydrogen-bond acceptors (Lipinski definition) is 4. The molecule has 2 aromatic carbocycles. The summed E-state index contributed by atoms with van der Waals surface area (Å²) in [5.74, 6) is 0.209. The number of nitrogens with zero attached hydrogens (tertiary/aromatic N) is 2. The summed E-state index contributed by atoms with van der Waals surface area (Å²) < 4.78 is 6.94. The van der Waals surface area contributed by atoms with E-state index in [0.29, 0.717) is 28.9 Å². The van der Waals surface area contributed by atoms with Crippen molar-refractivity contribution in [3.05, 3.63) is 82.6 Å². The highest BCUT2D eigenvalue weighted by Gasteiger charge is 2.16. The van der Waals surface area contributed by atoms with Crippen molar-refractivity contribution in [3.63, 3.8) is 0 Å². The molecule has 0 saturated carbocycles. The molecule has 1 atom stereocenters. The largest absolute Gasteiger partial charge is 0.444 e. The van der Waals surface area contributed by atoms with Crippen LogP contribution in [0.5, 0.6) is 0 Å². The van der Waals surface area contributed by atoms with E-state index in [1.54, 1.807) is 53.3 Å². The van der Waals surface area contributed by atoms with Crippen molar-refractivity contribution in [2.24, 2.45) is 5.92 Å². The van der Waals surface area contributed by atoms with Gasteiger partial charge in [-0.1, -0.05) is 49.7 Å². The van der Waals surface area contributed by atoms with Crippen LogP contribution in [0.3, 0.4) is 0 Å². The number of hydrogen-bond donors (Lipinski definition) is 2. The summed E-state index contributed by atoms with van der Waals surface area (Å²) in [6.07, 6.45) is 1.08. The lowest BCUT2D eigenvalue weighted by Gasteiger charge is -2.16. The lowest BCUT2D eigenvalue weighted by Crippen LogP contribution is -2.29. The average molecular weight is 455 g/mol. The number of amides is 2. The molecule has 3 rings (SSSR count). The fourth-order valence-electron chi connectivity index (χ4n) is 3.11. The Kier molecular flexibility index (Phi) is 7.89. The summed E-state index contributed by atoms with van der Waals surface area (Å²) in [6.45, 7) is 6.89. The third-order valence-corrected chi connectivity index (χ3v) is 5.03. The minimum atomic E-state index is -0.549. The lowest BCUT2D eigenvalue weighted by molar-refractivity contribution is 0.0928. The van der Waals surface area contributed by atoms with Gasteiger partial charge in [-0.15, -0.1) is 0 Å². The molecule has 0 saturated heterocycles. The normalized spacial score (nSPS) is 11.8. The molecule has 32 heavy (non-hydrogen) atoms.